The number of fused-ring (bicyclic) bond motifs is 2. The van der Waals surface area contributed by atoms with Crippen LogP contribution in [0.2, 0.25) is 0 Å². The van der Waals surface area contributed by atoms with Crippen LogP contribution in [-0.2, 0) is 20.7 Å². The second kappa shape index (κ2) is 7.09. The van der Waals surface area contributed by atoms with E-state index in [-0.39, 0.29) is 17.9 Å². The Bertz CT molecular complexity index is 1060. The Labute approximate surface area is 167 Å². The van der Waals surface area contributed by atoms with Crippen LogP contribution < -0.4 is 0 Å². The lowest BCUT2D eigenvalue weighted by atomic mass is 10.0. The van der Waals surface area contributed by atoms with Crippen molar-refractivity contribution in [3.8, 4) is 5.69 Å². The molecule has 1 aromatic heterocycles. The van der Waals surface area contributed by atoms with Gasteiger partial charge in [-0.3, -0.25) is 9.36 Å². The fraction of sp³-hybridized carbons (Fsp3) is 0.286. The van der Waals surface area contributed by atoms with Crippen molar-refractivity contribution in [3.05, 3.63) is 76.8 Å². The van der Waals surface area contributed by atoms with Gasteiger partial charge in [0.15, 0.2) is 5.78 Å². The van der Waals surface area contributed by atoms with Crippen LogP contribution in [0.15, 0.2) is 60.7 Å². The van der Waals surface area contributed by atoms with E-state index in [0.717, 1.165) is 17.1 Å². The molecule has 142 valence electrons. The minimum absolute atomic E-state index is 0.0560. The van der Waals surface area contributed by atoms with Crippen molar-refractivity contribution in [1.29, 1.82) is 0 Å². The highest BCUT2D eigenvalue weighted by atomic mass is 32.1. The zero-order valence-electron chi connectivity index (χ0n) is 15.1. The van der Waals surface area contributed by atoms with E-state index in [1.54, 1.807) is 4.68 Å². The van der Waals surface area contributed by atoms with Crippen molar-refractivity contribution in [3.63, 3.8) is 0 Å². The lowest BCUT2D eigenvalue weighted by molar-refractivity contribution is -0.156. The molecule has 2 fully saturated rings. The molecule has 2 aromatic carbocycles. The molecule has 7 heteroatoms. The topological polar surface area (TPSA) is 58.3 Å². The van der Waals surface area contributed by atoms with Gasteiger partial charge in [0.05, 0.1) is 12.6 Å². The van der Waals surface area contributed by atoms with E-state index in [1.807, 2.05) is 53.1 Å². The van der Waals surface area contributed by atoms with Crippen molar-refractivity contribution >= 4 is 18.0 Å². The van der Waals surface area contributed by atoms with E-state index in [4.69, 9.17) is 26.8 Å². The van der Waals surface area contributed by atoms with Gasteiger partial charge < -0.3 is 9.47 Å². The summed E-state index contributed by atoms with van der Waals surface area (Å²) < 4.78 is 15.5. The summed E-state index contributed by atoms with van der Waals surface area (Å²) in [6, 6.07) is 19.8. The highest BCUT2D eigenvalue weighted by Crippen LogP contribution is 2.33. The number of carbonyl (C=O) groups excluding carboxylic acids is 1. The predicted octanol–water partition coefficient (Wildman–Crippen LogP) is 3.25. The number of carbonyl (C=O) groups is 1. The number of nitrogens with zero attached hydrogens (tertiary/aromatic N) is 3. The van der Waals surface area contributed by atoms with Crippen molar-refractivity contribution in [1.82, 2.24) is 14.3 Å². The average Bonchev–Trinajstić information content (AvgIpc) is 3.29. The third-order valence-corrected chi connectivity index (χ3v) is 5.58. The highest BCUT2D eigenvalue weighted by molar-refractivity contribution is 7.71. The molecule has 0 spiro atoms. The highest BCUT2D eigenvalue weighted by Gasteiger charge is 2.45. The summed E-state index contributed by atoms with van der Waals surface area (Å²) in [5.74, 6) is 0.774. The number of aromatic nitrogens is 3. The molecule has 2 aliphatic heterocycles. The van der Waals surface area contributed by atoms with Gasteiger partial charge in [0.2, 0.25) is 11.1 Å². The third-order valence-electron chi connectivity index (χ3n) is 5.21. The number of benzene rings is 2. The van der Waals surface area contributed by atoms with Crippen LogP contribution in [0.25, 0.3) is 5.69 Å². The van der Waals surface area contributed by atoms with Gasteiger partial charge in [-0.1, -0.05) is 48.5 Å². The second-order valence-corrected chi connectivity index (χ2v) is 7.42. The van der Waals surface area contributed by atoms with Gasteiger partial charge in [-0.2, -0.15) is 5.10 Å². The molecule has 28 heavy (non-hydrogen) atoms. The maximum atomic E-state index is 12.3. The molecule has 0 aliphatic carbocycles. The van der Waals surface area contributed by atoms with Crippen LogP contribution in [0.3, 0.4) is 0 Å². The number of rotatable bonds is 4. The van der Waals surface area contributed by atoms with E-state index < -0.39 is 6.29 Å². The third kappa shape index (κ3) is 3.01. The van der Waals surface area contributed by atoms with E-state index in [1.165, 1.54) is 0 Å². The Kier molecular flexibility index (Phi) is 4.43. The summed E-state index contributed by atoms with van der Waals surface area (Å²) in [6.45, 7) is 0.384. The van der Waals surface area contributed by atoms with E-state index in [9.17, 15) is 4.79 Å². The average molecular weight is 393 g/mol. The monoisotopic (exact) mass is 393 g/mol. The number of para-hydroxylation sites is 1. The fourth-order valence-corrected chi connectivity index (χ4v) is 4.23. The quantitative estimate of drug-likeness (QED) is 0.637. The van der Waals surface area contributed by atoms with Crippen molar-refractivity contribution in [2.45, 2.75) is 31.3 Å². The van der Waals surface area contributed by atoms with Gasteiger partial charge in [0, 0.05) is 18.5 Å². The predicted molar refractivity (Wildman–Crippen MR) is 105 cm³/mol. The number of hydrogen-bond donors (Lipinski definition) is 0. The molecule has 0 saturated carbocycles. The van der Waals surface area contributed by atoms with Crippen LogP contribution in [0.1, 0.15) is 23.9 Å². The molecule has 0 unspecified atom stereocenters. The van der Waals surface area contributed by atoms with Crippen LogP contribution in [0.4, 0.5) is 0 Å². The fourth-order valence-electron chi connectivity index (χ4n) is 3.84. The number of ketones is 1. The lowest BCUT2D eigenvalue weighted by Gasteiger charge is -2.26. The first-order chi connectivity index (χ1) is 13.7. The minimum Gasteiger partial charge on any atom is -0.343 e. The molecule has 0 radical (unpaired) electrons. The Balaban J connectivity index is 1.61. The maximum absolute atomic E-state index is 12.3. The molecule has 2 bridgehead atoms. The SMILES string of the molecule is O=C1C[C@@H](n2nc(Cc3ccccc3)n(-c3ccccc3)c2=S)[C@H]2CO[C@H]1O2. The molecule has 3 atom stereocenters. The van der Waals surface area contributed by atoms with E-state index in [0.29, 0.717) is 24.2 Å². The normalized spacial score (nSPS) is 23.9. The van der Waals surface area contributed by atoms with Crippen LogP contribution >= 0.6 is 12.2 Å². The molecule has 6 nitrogen and oxygen atoms in total. The zero-order chi connectivity index (χ0) is 19.1. The standard InChI is InChI=1S/C21H19N3O3S/c25-17-12-16(18-13-26-20(17)27-18)24-21(28)23(15-9-5-2-6-10-15)19(22-24)11-14-7-3-1-4-8-14/h1-10,16,18,20H,11-13H2/t16-,18-,20+/m1/s1. The van der Waals surface area contributed by atoms with Crippen LogP contribution in [0, 0.1) is 4.77 Å². The van der Waals surface area contributed by atoms with Gasteiger partial charge in [-0.15, -0.1) is 0 Å². The van der Waals surface area contributed by atoms with Crippen LogP contribution in [-0.4, -0.2) is 39.1 Å². The van der Waals surface area contributed by atoms with Crippen molar-refractivity contribution < 1.29 is 14.3 Å². The summed E-state index contributed by atoms with van der Waals surface area (Å²) in [5, 5.41) is 4.84. The molecular weight excluding hydrogens is 374 g/mol. The number of hydrogen-bond acceptors (Lipinski definition) is 5. The first kappa shape index (κ1) is 17.5. The van der Waals surface area contributed by atoms with Gasteiger partial charge in [-0.05, 0) is 29.9 Å². The van der Waals surface area contributed by atoms with Crippen molar-refractivity contribution in [2.24, 2.45) is 0 Å². The minimum atomic E-state index is -0.726. The lowest BCUT2D eigenvalue weighted by Crippen LogP contribution is -2.37. The van der Waals surface area contributed by atoms with Crippen molar-refractivity contribution in [2.75, 3.05) is 6.61 Å². The molecule has 0 N–H and O–H groups in total. The van der Waals surface area contributed by atoms with Gasteiger partial charge >= 0.3 is 0 Å². The number of Topliss-reactive ketones (excluding diaryl/α,β-unsaturated/α-hetero) is 1. The molecule has 3 aromatic rings. The summed E-state index contributed by atoms with van der Waals surface area (Å²) in [5.41, 5.74) is 2.10. The summed E-state index contributed by atoms with van der Waals surface area (Å²) in [6.07, 6.45) is 0.0197. The maximum Gasteiger partial charge on any atom is 0.218 e. The van der Waals surface area contributed by atoms with E-state index in [2.05, 4.69) is 12.1 Å². The molecule has 0 amide bonds. The molecular formula is C21H19N3O3S. The summed E-state index contributed by atoms with van der Waals surface area (Å²) >= 11 is 5.80. The van der Waals surface area contributed by atoms with E-state index >= 15 is 0 Å². The van der Waals surface area contributed by atoms with Gasteiger partial charge in [0.25, 0.3) is 0 Å². The first-order valence-corrected chi connectivity index (χ1v) is 9.71. The largest absolute Gasteiger partial charge is 0.343 e. The summed E-state index contributed by atoms with van der Waals surface area (Å²) in [7, 11) is 0. The van der Waals surface area contributed by atoms with Crippen LogP contribution in [0.5, 0.6) is 0 Å². The Morgan fingerprint density at radius 2 is 1.79 bits per heavy atom. The molecule has 2 saturated heterocycles. The zero-order valence-corrected chi connectivity index (χ0v) is 15.9. The molecule has 3 heterocycles. The Morgan fingerprint density at radius 1 is 1.07 bits per heavy atom. The Morgan fingerprint density at radius 3 is 2.54 bits per heavy atom. The second-order valence-electron chi connectivity index (χ2n) is 7.05. The smallest absolute Gasteiger partial charge is 0.218 e. The summed E-state index contributed by atoms with van der Waals surface area (Å²) in [4.78, 5) is 12.3. The van der Waals surface area contributed by atoms with Gasteiger partial charge in [-0.25, -0.2) is 4.68 Å². The number of ether oxygens (including phenoxy) is 2. The van der Waals surface area contributed by atoms with Gasteiger partial charge in [0.1, 0.15) is 11.9 Å². The first-order valence-electron chi connectivity index (χ1n) is 9.30. The molecule has 2 aliphatic rings. The Hall–Kier alpha value is -2.61. The molecule has 5 rings (SSSR count).